The van der Waals surface area contributed by atoms with Crippen molar-refractivity contribution in [1.82, 2.24) is 9.99 Å². The maximum absolute atomic E-state index is 14.9. The summed E-state index contributed by atoms with van der Waals surface area (Å²) in [6.07, 6.45) is 2.87. The smallest absolute Gasteiger partial charge is 0.414 e. The lowest BCUT2D eigenvalue weighted by molar-refractivity contribution is -0.138. The van der Waals surface area contributed by atoms with E-state index in [4.69, 9.17) is 9.84 Å². The average molecular weight is 469 g/mol. The number of halogens is 1. The number of benzene rings is 1. The number of pyridine rings is 1. The molecular formula is C23H24FN5O5. The minimum absolute atomic E-state index is 0.0252. The number of nitrogens with zero attached hydrogens (tertiary/aromatic N) is 5. The number of amides is 1. The topological polar surface area (TPSA) is 116 Å². The van der Waals surface area contributed by atoms with Gasteiger partial charge in [0.25, 0.3) is 0 Å². The fourth-order valence-electron chi connectivity index (χ4n) is 3.79. The van der Waals surface area contributed by atoms with Crippen LogP contribution in [0.15, 0.2) is 41.6 Å². The fourth-order valence-corrected chi connectivity index (χ4v) is 3.79. The van der Waals surface area contributed by atoms with Crippen LogP contribution in [0.3, 0.4) is 0 Å². The summed E-state index contributed by atoms with van der Waals surface area (Å²) in [5.74, 6) is -0.820. The van der Waals surface area contributed by atoms with E-state index in [0.717, 1.165) is 0 Å². The van der Waals surface area contributed by atoms with E-state index in [-0.39, 0.29) is 18.9 Å². The number of rotatable bonds is 8. The number of cyclic esters (lactones) is 1. The molecule has 1 fully saturated rings. The van der Waals surface area contributed by atoms with Crippen molar-refractivity contribution >= 4 is 35.7 Å². The number of carboxylic acids is 1. The van der Waals surface area contributed by atoms with Crippen LogP contribution in [0.4, 0.5) is 20.7 Å². The molecule has 34 heavy (non-hydrogen) atoms. The summed E-state index contributed by atoms with van der Waals surface area (Å²) < 4.78 is 20.2. The summed E-state index contributed by atoms with van der Waals surface area (Å²) >= 11 is 0. The molecule has 1 atom stereocenters. The molecule has 0 unspecified atom stereocenters. The highest BCUT2D eigenvalue weighted by atomic mass is 19.1. The van der Waals surface area contributed by atoms with Crippen LogP contribution in [0.2, 0.25) is 0 Å². The summed E-state index contributed by atoms with van der Waals surface area (Å²) in [6, 6.07) is 7.99. The first-order valence-electron chi connectivity index (χ1n) is 10.8. The van der Waals surface area contributed by atoms with Crippen molar-refractivity contribution in [3.63, 3.8) is 0 Å². The Kier molecular flexibility index (Phi) is 6.71. The molecule has 1 aromatic heterocycles. The first-order valence-corrected chi connectivity index (χ1v) is 10.8. The summed E-state index contributed by atoms with van der Waals surface area (Å²) in [7, 11) is 0. The Morgan fingerprint density at radius 2 is 2.06 bits per heavy atom. The number of hydrogen-bond acceptors (Lipinski definition) is 8. The van der Waals surface area contributed by atoms with Gasteiger partial charge in [-0.15, -0.1) is 0 Å². The molecule has 0 spiro atoms. The van der Waals surface area contributed by atoms with Gasteiger partial charge >= 0.3 is 12.1 Å². The van der Waals surface area contributed by atoms with E-state index in [2.05, 4.69) is 10.1 Å². The standard InChI is InChI=1S/C23H24FN5O5/c1-15(30)2-5-18-12-29(23(33)34-18)17-4-6-19(20(24)10-17)16-3-7-21(25-11-16)27-8-9-28(26-14-27)13-22(31)32/h3-4,6-7,10-11,14,18H,2,5,8-9,12-13H2,1H3,(H,31,32)/t18-/m0/s1. The van der Waals surface area contributed by atoms with Gasteiger partial charge in [-0.3, -0.25) is 14.7 Å². The summed E-state index contributed by atoms with van der Waals surface area (Å²) in [5, 5.41) is 14.4. The van der Waals surface area contributed by atoms with Crippen LogP contribution >= 0.6 is 0 Å². The minimum Gasteiger partial charge on any atom is -0.480 e. The third kappa shape index (κ3) is 5.30. The molecule has 3 heterocycles. The molecule has 11 heteroatoms. The molecule has 1 N–H and O–H groups in total. The summed E-state index contributed by atoms with van der Waals surface area (Å²) in [6.45, 7) is 2.55. The van der Waals surface area contributed by atoms with Crippen LogP contribution in [0.25, 0.3) is 11.1 Å². The Bertz CT molecular complexity index is 1120. The first-order chi connectivity index (χ1) is 16.3. The van der Waals surface area contributed by atoms with Crippen LogP contribution in [0.1, 0.15) is 19.8 Å². The van der Waals surface area contributed by atoms with Crippen molar-refractivity contribution in [2.75, 3.05) is 36.0 Å². The molecule has 2 aromatic rings. The molecule has 4 rings (SSSR count). The van der Waals surface area contributed by atoms with Gasteiger partial charge in [-0.2, -0.15) is 5.10 Å². The average Bonchev–Trinajstić information content (AvgIpc) is 3.18. The van der Waals surface area contributed by atoms with Gasteiger partial charge in [0.05, 0.1) is 18.8 Å². The highest BCUT2D eigenvalue weighted by molar-refractivity contribution is 5.90. The summed E-state index contributed by atoms with van der Waals surface area (Å²) in [5.41, 5.74) is 1.29. The lowest BCUT2D eigenvalue weighted by atomic mass is 10.1. The van der Waals surface area contributed by atoms with Crippen molar-refractivity contribution in [3.8, 4) is 11.1 Å². The number of hydrogen-bond donors (Lipinski definition) is 1. The van der Waals surface area contributed by atoms with Gasteiger partial charge in [0.2, 0.25) is 0 Å². The fraction of sp³-hybridized carbons (Fsp3) is 0.348. The normalized spacial score (nSPS) is 17.8. The second-order valence-corrected chi connectivity index (χ2v) is 8.13. The highest BCUT2D eigenvalue weighted by Gasteiger charge is 2.32. The third-order valence-electron chi connectivity index (χ3n) is 5.58. The maximum Gasteiger partial charge on any atom is 0.414 e. The zero-order valence-corrected chi connectivity index (χ0v) is 18.6. The SMILES string of the molecule is CC(=O)CC[C@H]1CN(c2ccc(-c3ccc(N4C=NN(CC(=O)O)CC4)nc3)c(F)c2)C(=O)O1. The highest BCUT2D eigenvalue weighted by Crippen LogP contribution is 2.30. The van der Waals surface area contributed by atoms with Crippen LogP contribution in [0.5, 0.6) is 0 Å². The maximum atomic E-state index is 14.9. The molecule has 1 saturated heterocycles. The lowest BCUT2D eigenvalue weighted by Crippen LogP contribution is -2.40. The Morgan fingerprint density at radius 1 is 1.24 bits per heavy atom. The van der Waals surface area contributed by atoms with Gasteiger partial charge < -0.3 is 19.5 Å². The zero-order chi connectivity index (χ0) is 24.2. The molecule has 0 saturated carbocycles. The van der Waals surface area contributed by atoms with Crippen molar-refractivity contribution in [3.05, 3.63) is 42.3 Å². The van der Waals surface area contributed by atoms with Crippen molar-refractivity contribution in [1.29, 1.82) is 0 Å². The third-order valence-corrected chi connectivity index (χ3v) is 5.58. The molecule has 1 amide bonds. The van der Waals surface area contributed by atoms with Crippen molar-refractivity contribution < 1.29 is 28.6 Å². The number of Topliss-reactive ketones (excluding diaryl/α,β-unsaturated/α-hetero) is 1. The lowest BCUT2D eigenvalue weighted by Gasteiger charge is -2.28. The van der Waals surface area contributed by atoms with E-state index < -0.39 is 24.0 Å². The Labute approximate surface area is 195 Å². The number of aliphatic carboxylic acids is 1. The van der Waals surface area contributed by atoms with E-state index in [0.29, 0.717) is 48.6 Å². The predicted molar refractivity (Wildman–Crippen MR) is 122 cm³/mol. The largest absolute Gasteiger partial charge is 0.480 e. The zero-order valence-electron chi connectivity index (χ0n) is 18.6. The van der Waals surface area contributed by atoms with Gasteiger partial charge in [0, 0.05) is 30.3 Å². The molecule has 10 nitrogen and oxygen atoms in total. The predicted octanol–water partition coefficient (Wildman–Crippen LogP) is 2.73. The number of aromatic nitrogens is 1. The first kappa shape index (κ1) is 23.1. The van der Waals surface area contributed by atoms with E-state index >= 15 is 0 Å². The number of ether oxygens (including phenoxy) is 1. The molecule has 2 aliphatic rings. The Balaban J connectivity index is 1.43. The van der Waals surface area contributed by atoms with Gasteiger partial charge in [0.1, 0.15) is 36.4 Å². The second-order valence-electron chi connectivity index (χ2n) is 8.13. The van der Waals surface area contributed by atoms with Crippen LogP contribution in [-0.4, -0.2) is 71.6 Å². The molecule has 0 radical (unpaired) electrons. The van der Waals surface area contributed by atoms with Gasteiger partial charge in [-0.25, -0.2) is 14.2 Å². The quantitative estimate of drug-likeness (QED) is 0.628. The van der Waals surface area contributed by atoms with Crippen LogP contribution < -0.4 is 9.80 Å². The molecule has 1 aromatic carbocycles. The van der Waals surface area contributed by atoms with E-state index in [1.54, 1.807) is 35.4 Å². The Hall–Kier alpha value is -4.02. The Morgan fingerprint density at radius 3 is 2.68 bits per heavy atom. The van der Waals surface area contributed by atoms with Gasteiger partial charge in [0.15, 0.2) is 0 Å². The number of carbonyl (C=O) groups excluding carboxylic acids is 2. The minimum atomic E-state index is -0.949. The summed E-state index contributed by atoms with van der Waals surface area (Å²) in [4.78, 5) is 41.7. The number of hydrazone groups is 1. The van der Waals surface area contributed by atoms with Crippen molar-refractivity contribution in [2.45, 2.75) is 25.9 Å². The number of carbonyl (C=O) groups is 3. The monoisotopic (exact) mass is 469 g/mol. The number of carboxylic acid groups (broad SMARTS) is 1. The van der Waals surface area contributed by atoms with E-state index in [9.17, 15) is 18.8 Å². The van der Waals surface area contributed by atoms with E-state index in [1.165, 1.54) is 29.2 Å². The molecule has 0 aliphatic carbocycles. The van der Waals surface area contributed by atoms with E-state index in [1.807, 2.05) is 0 Å². The van der Waals surface area contributed by atoms with Crippen LogP contribution in [0, 0.1) is 5.82 Å². The van der Waals surface area contributed by atoms with Crippen LogP contribution in [-0.2, 0) is 14.3 Å². The molecule has 2 aliphatic heterocycles. The molecule has 0 bridgehead atoms. The van der Waals surface area contributed by atoms with Gasteiger partial charge in [-0.1, -0.05) is 0 Å². The second kappa shape index (κ2) is 9.86. The van der Waals surface area contributed by atoms with Crippen molar-refractivity contribution in [2.24, 2.45) is 5.10 Å². The molecule has 178 valence electrons. The number of anilines is 2. The van der Waals surface area contributed by atoms with Gasteiger partial charge in [-0.05, 0) is 43.7 Å². The molecular weight excluding hydrogens is 445 g/mol. The number of ketones is 1.